The van der Waals surface area contributed by atoms with Gasteiger partial charge in [0.25, 0.3) is 0 Å². The van der Waals surface area contributed by atoms with Gasteiger partial charge in [-0.15, -0.1) is 11.8 Å². The van der Waals surface area contributed by atoms with E-state index < -0.39 is 5.79 Å². The maximum atomic E-state index is 11.5. The second kappa shape index (κ2) is 2.11. The molecular formula is C6H8O3S. The van der Waals surface area contributed by atoms with Crippen LogP contribution >= 0.6 is 11.8 Å². The van der Waals surface area contributed by atoms with Gasteiger partial charge in [0.2, 0.25) is 5.79 Å². The Balaban J connectivity index is 2.14. The summed E-state index contributed by atoms with van der Waals surface area (Å²) in [7, 11) is 1.56. The Hall–Kier alpha value is 0.230. The molecule has 0 aromatic heterocycles. The molecule has 56 valence electrons. The predicted octanol–water partition coefficient (Wildman–Crippen LogP) is 0.785. The molecule has 2 rings (SSSR count). The van der Waals surface area contributed by atoms with Crippen molar-refractivity contribution in [1.82, 2.24) is 0 Å². The van der Waals surface area contributed by atoms with Crippen molar-refractivity contribution in [3.63, 3.8) is 0 Å². The van der Waals surface area contributed by atoms with Gasteiger partial charge in [0, 0.05) is 13.5 Å². The molecule has 3 nitrogen and oxygen atoms in total. The van der Waals surface area contributed by atoms with Crippen LogP contribution < -0.4 is 0 Å². The predicted molar refractivity (Wildman–Crippen MR) is 35.6 cm³/mol. The van der Waals surface area contributed by atoms with Crippen LogP contribution in [0, 0.1) is 5.44 Å². The molecule has 2 radical (unpaired) electrons. The number of thioether (sulfide) groups is 1. The van der Waals surface area contributed by atoms with Crippen LogP contribution in [0.4, 0.5) is 0 Å². The largest absolute Gasteiger partial charge is 0.376 e. The molecule has 2 atom stereocenters. The summed E-state index contributed by atoms with van der Waals surface area (Å²) in [6.45, 7) is 0. The van der Waals surface area contributed by atoms with E-state index in [4.69, 9.17) is 9.47 Å². The Morgan fingerprint density at radius 2 is 2.70 bits per heavy atom. The number of hydrogen-bond donors (Lipinski definition) is 0. The van der Waals surface area contributed by atoms with Crippen LogP contribution in [0.3, 0.4) is 0 Å². The van der Waals surface area contributed by atoms with Crippen molar-refractivity contribution in [2.45, 2.75) is 18.3 Å². The highest BCUT2D eigenvalue weighted by molar-refractivity contribution is 8.02. The quantitative estimate of drug-likeness (QED) is 0.569. The third-order valence-corrected chi connectivity index (χ3v) is 2.97. The van der Waals surface area contributed by atoms with Crippen LogP contribution in [-0.2, 0) is 14.6 Å². The lowest BCUT2D eigenvalue weighted by molar-refractivity contribution is -0.225. The fourth-order valence-corrected chi connectivity index (χ4v) is 2.34. The lowest BCUT2D eigenvalue weighted by Crippen LogP contribution is -2.40. The first kappa shape index (κ1) is 6.91. The Bertz CT molecular complexity index is 152. The summed E-state index contributed by atoms with van der Waals surface area (Å²) in [6.07, 6.45) is 0.411. The van der Waals surface area contributed by atoms with Crippen molar-refractivity contribution in [2.75, 3.05) is 12.9 Å². The summed E-state index contributed by atoms with van der Waals surface area (Å²) in [5.41, 5.74) is 0.849. The van der Waals surface area contributed by atoms with Crippen LogP contribution in [0.2, 0.25) is 0 Å². The van der Waals surface area contributed by atoms with Crippen LogP contribution in [-0.4, -0.2) is 24.8 Å². The maximum Gasteiger partial charge on any atom is 0.238 e. The Morgan fingerprint density at radius 1 is 1.90 bits per heavy atom. The summed E-state index contributed by atoms with van der Waals surface area (Å²) in [5.74, 6) is -0.768. The molecular weight excluding hydrogens is 152 g/mol. The van der Waals surface area contributed by atoms with Gasteiger partial charge in [0.15, 0.2) is 5.44 Å². The zero-order valence-corrected chi connectivity index (χ0v) is 6.44. The van der Waals surface area contributed by atoms with Gasteiger partial charge < -0.3 is 9.47 Å². The third-order valence-electron chi connectivity index (χ3n) is 1.85. The lowest BCUT2D eigenvalue weighted by Gasteiger charge is -2.22. The smallest absolute Gasteiger partial charge is 0.238 e. The van der Waals surface area contributed by atoms with Crippen molar-refractivity contribution >= 4 is 11.8 Å². The third kappa shape index (κ3) is 0.797. The molecule has 0 amide bonds. The number of rotatable bonds is 1. The van der Waals surface area contributed by atoms with E-state index in [0.717, 1.165) is 5.44 Å². The summed E-state index contributed by atoms with van der Waals surface area (Å²) in [6, 6.07) is 0. The van der Waals surface area contributed by atoms with Gasteiger partial charge in [-0.2, -0.15) is 5.11 Å². The van der Waals surface area contributed by atoms with E-state index >= 15 is 0 Å². The van der Waals surface area contributed by atoms with Gasteiger partial charge in [0.1, 0.15) is 6.10 Å². The first-order valence-electron chi connectivity index (χ1n) is 3.15. The zero-order valence-electron chi connectivity index (χ0n) is 5.62. The number of methoxy groups -OCH3 is 1. The van der Waals surface area contributed by atoms with Crippen molar-refractivity contribution in [3.05, 3.63) is 5.44 Å². The van der Waals surface area contributed by atoms with E-state index in [-0.39, 0.29) is 6.10 Å². The minimum absolute atomic E-state index is 0.260. The molecule has 4 heteroatoms. The molecule has 2 fully saturated rings. The maximum absolute atomic E-state index is 11.5. The first-order chi connectivity index (χ1) is 4.74. The number of ether oxygens (including phenoxy) is 2. The topological polar surface area (TPSA) is 38.4 Å². The molecule has 2 saturated heterocycles. The van der Waals surface area contributed by atoms with Gasteiger partial charge in [-0.3, -0.25) is 0 Å². The minimum atomic E-state index is -1.27. The summed E-state index contributed by atoms with van der Waals surface area (Å²) in [5, 5.41) is 11.5. The SMILES string of the molecule is COC1C[C]2OC1([O])CS2. The van der Waals surface area contributed by atoms with Gasteiger partial charge >= 0.3 is 0 Å². The minimum Gasteiger partial charge on any atom is -0.376 e. The van der Waals surface area contributed by atoms with Crippen molar-refractivity contribution < 1.29 is 14.6 Å². The normalized spacial score (nSPS) is 46.8. The molecule has 0 N–H and O–H groups in total. The molecule has 2 bridgehead atoms. The monoisotopic (exact) mass is 160 g/mol. The fraction of sp³-hybridized carbons (Fsp3) is 0.833. The van der Waals surface area contributed by atoms with Crippen molar-refractivity contribution in [3.8, 4) is 0 Å². The second-order valence-electron chi connectivity index (χ2n) is 2.50. The van der Waals surface area contributed by atoms with Crippen LogP contribution in [0.5, 0.6) is 0 Å². The fourth-order valence-electron chi connectivity index (χ4n) is 1.26. The van der Waals surface area contributed by atoms with Gasteiger partial charge in [-0.05, 0) is 0 Å². The average Bonchev–Trinajstić information content (AvgIpc) is 2.41. The van der Waals surface area contributed by atoms with Gasteiger partial charge in [-0.25, -0.2) is 0 Å². The first-order valence-corrected chi connectivity index (χ1v) is 4.14. The van der Waals surface area contributed by atoms with Crippen LogP contribution in [0.1, 0.15) is 6.42 Å². The van der Waals surface area contributed by atoms with E-state index in [2.05, 4.69) is 0 Å². The van der Waals surface area contributed by atoms with Crippen LogP contribution in [0.15, 0.2) is 0 Å². The van der Waals surface area contributed by atoms with Gasteiger partial charge in [0.05, 0.1) is 5.75 Å². The standard InChI is InChI=1S/C6H8O3S/c1-8-4-2-5-9-6(4,7)3-10-5/h4H,2-3H2,1H3. The molecule has 2 aliphatic heterocycles. The van der Waals surface area contributed by atoms with E-state index in [0.29, 0.717) is 12.2 Å². The Labute approximate surface area is 63.7 Å². The average molecular weight is 160 g/mol. The number of hydrogen-bond acceptors (Lipinski definition) is 3. The molecule has 2 heterocycles. The van der Waals surface area contributed by atoms with E-state index in [1.165, 1.54) is 11.8 Å². The van der Waals surface area contributed by atoms with E-state index in [9.17, 15) is 5.11 Å². The van der Waals surface area contributed by atoms with Crippen molar-refractivity contribution in [1.29, 1.82) is 0 Å². The lowest BCUT2D eigenvalue weighted by atomic mass is 10.1. The molecule has 0 aliphatic carbocycles. The molecule has 0 aromatic carbocycles. The Kier molecular flexibility index (Phi) is 1.46. The summed E-state index contributed by atoms with van der Waals surface area (Å²) in [4.78, 5) is 0. The summed E-state index contributed by atoms with van der Waals surface area (Å²) >= 11 is 1.51. The second-order valence-corrected chi connectivity index (χ2v) is 3.54. The molecule has 2 unspecified atom stereocenters. The summed E-state index contributed by atoms with van der Waals surface area (Å²) < 4.78 is 10.0. The van der Waals surface area contributed by atoms with E-state index in [1.807, 2.05) is 0 Å². The molecule has 0 saturated carbocycles. The Morgan fingerprint density at radius 3 is 3.00 bits per heavy atom. The zero-order chi connectivity index (χ0) is 7.19. The highest BCUT2D eigenvalue weighted by Gasteiger charge is 2.56. The molecule has 0 aromatic rings. The van der Waals surface area contributed by atoms with Crippen LogP contribution in [0.25, 0.3) is 0 Å². The molecule has 10 heavy (non-hydrogen) atoms. The number of fused-ring (bicyclic) bond motifs is 2. The molecule has 2 aliphatic rings. The van der Waals surface area contributed by atoms with E-state index in [1.54, 1.807) is 7.11 Å². The van der Waals surface area contributed by atoms with Crippen molar-refractivity contribution in [2.24, 2.45) is 0 Å². The highest BCUT2D eigenvalue weighted by atomic mass is 32.2. The highest BCUT2D eigenvalue weighted by Crippen LogP contribution is 2.50. The van der Waals surface area contributed by atoms with Gasteiger partial charge in [-0.1, -0.05) is 0 Å². The molecule has 0 spiro atoms.